The molecule has 1 amide bonds. The number of hydrogen-bond donors (Lipinski definition) is 0. The molecular formula is C26H15FN4O5S2. The van der Waals surface area contributed by atoms with Crippen molar-refractivity contribution in [2.75, 3.05) is 4.90 Å². The molecule has 0 radical (unpaired) electrons. The highest BCUT2D eigenvalue weighted by Crippen LogP contribution is 2.43. The summed E-state index contributed by atoms with van der Waals surface area (Å²) in [5.74, 6) is -0.869. The molecule has 0 aliphatic carbocycles. The Morgan fingerprint density at radius 2 is 1.87 bits per heavy atom. The van der Waals surface area contributed by atoms with Crippen LogP contribution < -0.4 is 10.3 Å². The van der Waals surface area contributed by atoms with Gasteiger partial charge in [-0.05, 0) is 29.3 Å². The molecule has 6 rings (SSSR count). The van der Waals surface area contributed by atoms with Crippen molar-refractivity contribution in [1.29, 1.82) is 0 Å². The van der Waals surface area contributed by atoms with Crippen LogP contribution in [0.3, 0.4) is 0 Å². The molecule has 1 aliphatic heterocycles. The lowest BCUT2D eigenvalue weighted by Crippen LogP contribution is -2.29. The van der Waals surface area contributed by atoms with Crippen molar-refractivity contribution in [2.24, 2.45) is 0 Å². The molecule has 0 saturated heterocycles. The summed E-state index contributed by atoms with van der Waals surface area (Å²) in [6.07, 6.45) is 0. The smallest absolute Gasteiger partial charge is 0.297 e. The quantitative estimate of drug-likeness (QED) is 0.115. The maximum atomic E-state index is 14.0. The third-order valence-corrected chi connectivity index (χ3v) is 8.16. The number of aromatic nitrogens is 2. The minimum Gasteiger partial charge on any atom is -0.450 e. The van der Waals surface area contributed by atoms with Gasteiger partial charge in [0.1, 0.15) is 11.4 Å². The van der Waals surface area contributed by atoms with Crippen molar-refractivity contribution in [3.8, 4) is 0 Å². The largest absolute Gasteiger partial charge is 0.450 e. The summed E-state index contributed by atoms with van der Waals surface area (Å²) in [7, 11) is 0. The van der Waals surface area contributed by atoms with Gasteiger partial charge in [0.15, 0.2) is 9.77 Å². The van der Waals surface area contributed by atoms with Gasteiger partial charge in [0.05, 0.1) is 21.9 Å². The fourth-order valence-electron chi connectivity index (χ4n) is 4.34. The molecule has 0 bridgehead atoms. The molecular weight excluding hydrogens is 531 g/mol. The van der Waals surface area contributed by atoms with Crippen molar-refractivity contribution >= 4 is 50.8 Å². The topological polar surface area (TPSA) is 119 Å². The molecule has 188 valence electrons. The van der Waals surface area contributed by atoms with Gasteiger partial charge in [-0.15, -0.1) is 10.2 Å². The molecule has 1 aliphatic rings. The number of nitrogens with zero attached hydrogens (tertiary/aromatic N) is 4. The number of carbonyl (C=O) groups excluding carboxylic acids is 1. The number of halogens is 1. The lowest BCUT2D eigenvalue weighted by molar-refractivity contribution is -0.384. The van der Waals surface area contributed by atoms with Gasteiger partial charge < -0.3 is 4.42 Å². The van der Waals surface area contributed by atoms with E-state index in [9.17, 15) is 24.1 Å². The van der Waals surface area contributed by atoms with Gasteiger partial charge in [-0.25, -0.2) is 4.39 Å². The number of amides is 1. The van der Waals surface area contributed by atoms with Gasteiger partial charge in [0.25, 0.3) is 11.6 Å². The van der Waals surface area contributed by atoms with Gasteiger partial charge in [-0.1, -0.05) is 65.6 Å². The van der Waals surface area contributed by atoms with E-state index in [1.165, 1.54) is 40.9 Å². The lowest BCUT2D eigenvalue weighted by Gasteiger charge is -2.21. The first kappa shape index (κ1) is 23.9. The Kier molecular flexibility index (Phi) is 5.97. The monoisotopic (exact) mass is 546 g/mol. The Morgan fingerprint density at radius 1 is 1.05 bits per heavy atom. The van der Waals surface area contributed by atoms with Crippen LogP contribution in [0, 0.1) is 15.9 Å². The molecule has 0 saturated carbocycles. The number of rotatable bonds is 6. The van der Waals surface area contributed by atoms with E-state index < -0.39 is 28.1 Å². The van der Waals surface area contributed by atoms with Gasteiger partial charge in [-0.3, -0.25) is 24.6 Å². The zero-order valence-electron chi connectivity index (χ0n) is 19.2. The third kappa shape index (κ3) is 4.13. The van der Waals surface area contributed by atoms with Crippen molar-refractivity contribution in [2.45, 2.75) is 16.1 Å². The van der Waals surface area contributed by atoms with Crippen LogP contribution >= 0.6 is 23.1 Å². The van der Waals surface area contributed by atoms with E-state index in [0.717, 1.165) is 29.0 Å². The van der Waals surface area contributed by atoms with E-state index in [1.54, 1.807) is 6.07 Å². The Labute approximate surface area is 221 Å². The van der Waals surface area contributed by atoms with E-state index in [1.807, 2.05) is 30.3 Å². The zero-order valence-corrected chi connectivity index (χ0v) is 20.9. The van der Waals surface area contributed by atoms with Crippen LogP contribution in [-0.2, 0) is 5.75 Å². The van der Waals surface area contributed by atoms with Crippen molar-refractivity contribution in [3.05, 3.63) is 121 Å². The van der Waals surface area contributed by atoms with E-state index in [0.29, 0.717) is 15.7 Å². The number of non-ortho nitro benzene ring substituents is 1. The summed E-state index contributed by atoms with van der Waals surface area (Å²) in [4.78, 5) is 39.4. The number of benzene rings is 3. The van der Waals surface area contributed by atoms with Crippen LogP contribution in [0.4, 0.5) is 15.2 Å². The number of carbonyl (C=O) groups is 1. The van der Waals surface area contributed by atoms with Crippen molar-refractivity contribution in [3.63, 3.8) is 0 Å². The number of hydrogen-bond acceptors (Lipinski definition) is 9. The molecule has 38 heavy (non-hydrogen) atoms. The normalized spacial score (nSPS) is 14.7. The summed E-state index contributed by atoms with van der Waals surface area (Å²) in [5, 5.41) is 20.1. The first-order valence-corrected chi connectivity index (χ1v) is 13.1. The minimum absolute atomic E-state index is 0.0369. The molecule has 5 aromatic rings. The number of anilines is 1. The summed E-state index contributed by atoms with van der Waals surface area (Å²) in [6.45, 7) is 0. The maximum absolute atomic E-state index is 14.0. The van der Waals surface area contributed by atoms with Gasteiger partial charge in [0, 0.05) is 17.9 Å². The van der Waals surface area contributed by atoms with E-state index >= 15 is 0 Å². The summed E-state index contributed by atoms with van der Waals surface area (Å²) in [6, 6.07) is 17.8. The molecule has 0 N–H and O–H groups in total. The maximum Gasteiger partial charge on any atom is 0.297 e. The Balaban J connectivity index is 1.47. The minimum atomic E-state index is -1.08. The first-order chi connectivity index (χ1) is 18.4. The van der Waals surface area contributed by atoms with Crippen LogP contribution in [0.1, 0.15) is 33.3 Å². The second kappa shape index (κ2) is 9.47. The number of nitro benzene ring substituents is 1. The summed E-state index contributed by atoms with van der Waals surface area (Å²) >= 11 is 2.59. The highest BCUT2D eigenvalue weighted by molar-refractivity contribution is 8.00. The first-order valence-electron chi connectivity index (χ1n) is 11.2. The fraction of sp³-hybridized carbons (Fsp3) is 0.0769. The van der Waals surface area contributed by atoms with Crippen LogP contribution in [0.2, 0.25) is 0 Å². The Hall–Kier alpha value is -4.42. The van der Waals surface area contributed by atoms with Gasteiger partial charge >= 0.3 is 0 Å². The predicted molar refractivity (Wildman–Crippen MR) is 140 cm³/mol. The number of thioether (sulfide) groups is 1. The summed E-state index contributed by atoms with van der Waals surface area (Å²) < 4.78 is 20.4. The van der Waals surface area contributed by atoms with Gasteiger partial charge in [-0.2, -0.15) is 0 Å². The van der Waals surface area contributed by atoms with Gasteiger partial charge in [0.2, 0.25) is 10.9 Å². The van der Waals surface area contributed by atoms with Crippen molar-refractivity contribution < 1.29 is 18.5 Å². The summed E-state index contributed by atoms with van der Waals surface area (Å²) in [5.41, 5.74) is 0.596. The van der Waals surface area contributed by atoms with E-state index in [-0.39, 0.29) is 33.1 Å². The molecule has 0 fully saturated rings. The molecule has 1 atom stereocenters. The highest BCUT2D eigenvalue weighted by atomic mass is 32.2. The van der Waals surface area contributed by atoms with Crippen LogP contribution in [0.5, 0.6) is 0 Å². The number of fused-ring (bicyclic) bond motifs is 2. The second-order valence-electron chi connectivity index (χ2n) is 8.37. The van der Waals surface area contributed by atoms with E-state index in [2.05, 4.69) is 10.2 Å². The molecule has 3 aromatic carbocycles. The van der Waals surface area contributed by atoms with Crippen LogP contribution in [-0.4, -0.2) is 21.0 Å². The Morgan fingerprint density at radius 3 is 2.66 bits per heavy atom. The average molecular weight is 547 g/mol. The molecule has 12 heteroatoms. The third-order valence-electron chi connectivity index (χ3n) is 6.04. The average Bonchev–Trinajstić information content (AvgIpc) is 3.51. The second-order valence-corrected chi connectivity index (χ2v) is 10.5. The molecule has 9 nitrogen and oxygen atoms in total. The zero-order chi connectivity index (χ0) is 26.4. The highest BCUT2D eigenvalue weighted by Gasteiger charge is 2.45. The molecule has 0 spiro atoms. The molecule has 3 heterocycles. The molecule has 2 aromatic heterocycles. The Bertz CT molecular complexity index is 1790. The number of nitro groups is 1. The predicted octanol–water partition coefficient (Wildman–Crippen LogP) is 5.73. The van der Waals surface area contributed by atoms with Crippen molar-refractivity contribution in [1.82, 2.24) is 10.2 Å². The fourth-order valence-corrected chi connectivity index (χ4v) is 6.17. The van der Waals surface area contributed by atoms with Crippen LogP contribution in [0.15, 0.2) is 86.3 Å². The lowest BCUT2D eigenvalue weighted by atomic mass is 9.98. The SMILES string of the molecule is O=C1c2oc3ccc(F)cc3c(=O)c2C(c2cccc([N+](=O)[O-])c2)N1c1nnc(SCc2ccccc2)s1. The van der Waals surface area contributed by atoms with E-state index in [4.69, 9.17) is 4.42 Å². The standard InChI is InChI=1S/C26H15FN4O5S2/c27-16-9-10-19-18(12-16)22(32)20-21(15-7-4-8-17(11-15)31(34)35)30(24(33)23(20)36-19)25-28-29-26(38-25)37-13-14-5-2-1-3-6-14/h1-12,21H,13H2. The molecule has 1 unspecified atom stereocenters. The van der Waals surface area contributed by atoms with Crippen LogP contribution in [0.25, 0.3) is 11.0 Å².